The SMILES string of the molecule is CCOCC1CCCN(C[C@H]2CCCCC2NC(=O)c2ccc(CNC(=O)C(C)C)cc2)C1. The fraction of sp³-hybridized carbons (Fsp3) is 0.704. The van der Waals surface area contributed by atoms with E-state index in [1.54, 1.807) is 0 Å². The van der Waals surface area contributed by atoms with Crippen molar-refractivity contribution in [3.05, 3.63) is 35.4 Å². The highest BCUT2D eigenvalue weighted by Gasteiger charge is 2.30. The maximum atomic E-state index is 13.0. The molecule has 2 fully saturated rings. The number of ether oxygens (including phenoxy) is 1. The van der Waals surface area contributed by atoms with E-state index in [2.05, 4.69) is 22.5 Å². The number of carbonyl (C=O) groups excluding carboxylic acids is 2. The first-order chi connectivity index (χ1) is 16.0. The van der Waals surface area contributed by atoms with Crippen molar-refractivity contribution in [2.45, 2.75) is 71.9 Å². The van der Waals surface area contributed by atoms with Crippen LogP contribution in [-0.2, 0) is 16.1 Å². The van der Waals surface area contributed by atoms with Crippen LogP contribution >= 0.6 is 0 Å². The minimum Gasteiger partial charge on any atom is -0.381 e. The van der Waals surface area contributed by atoms with E-state index in [1.807, 2.05) is 38.1 Å². The van der Waals surface area contributed by atoms with Gasteiger partial charge in [-0.2, -0.15) is 0 Å². The predicted molar refractivity (Wildman–Crippen MR) is 132 cm³/mol. The van der Waals surface area contributed by atoms with Gasteiger partial charge in [-0.25, -0.2) is 0 Å². The van der Waals surface area contributed by atoms with Crippen LogP contribution in [-0.4, -0.2) is 55.6 Å². The third-order valence-corrected chi connectivity index (χ3v) is 7.09. The minimum atomic E-state index is -0.0287. The Kier molecular flexibility index (Phi) is 10.2. The molecule has 0 radical (unpaired) electrons. The molecule has 184 valence electrons. The molecule has 2 N–H and O–H groups in total. The molecule has 3 atom stereocenters. The summed E-state index contributed by atoms with van der Waals surface area (Å²) in [7, 11) is 0. The number of hydrogen-bond donors (Lipinski definition) is 2. The van der Waals surface area contributed by atoms with Crippen molar-refractivity contribution >= 4 is 11.8 Å². The minimum absolute atomic E-state index is 0.0116. The van der Waals surface area contributed by atoms with Gasteiger partial charge in [-0.3, -0.25) is 9.59 Å². The van der Waals surface area contributed by atoms with Gasteiger partial charge in [0.2, 0.25) is 5.91 Å². The van der Waals surface area contributed by atoms with E-state index < -0.39 is 0 Å². The summed E-state index contributed by atoms with van der Waals surface area (Å²) in [6, 6.07) is 7.84. The second-order valence-electron chi connectivity index (χ2n) is 10.1. The maximum Gasteiger partial charge on any atom is 0.251 e. The molecule has 6 heteroatoms. The van der Waals surface area contributed by atoms with Gasteiger partial charge in [-0.1, -0.05) is 38.8 Å². The van der Waals surface area contributed by atoms with Gasteiger partial charge in [0.25, 0.3) is 5.91 Å². The van der Waals surface area contributed by atoms with Crippen molar-refractivity contribution in [2.24, 2.45) is 17.8 Å². The quantitative estimate of drug-likeness (QED) is 0.557. The van der Waals surface area contributed by atoms with Gasteiger partial charge in [0.1, 0.15) is 0 Å². The Morgan fingerprint density at radius 2 is 1.85 bits per heavy atom. The first kappa shape index (κ1) is 25.7. The Morgan fingerprint density at radius 3 is 2.58 bits per heavy atom. The van der Waals surface area contributed by atoms with Gasteiger partial charge in [0.15, 0.2) is 0 Å². The summed E-state index contributed by atoms with van der Waals surface area (Å²) < 4.78 is 5.68. The Hall–Kier alpha value is -1.92. The molecule has 1 saturated heterocycles. The molecule has 1 saturated carbocycles. The van der Waals surface area contributed by atoms with Crippen molar-refractivity contribution in [3.63, 3.8) is 0 Å². The highest BCUT2D eigenvalue weighted by molar-refractivity contribution is 5.94. The maximum absolute atomic E-state index is 13.0. The molecule has 6 nitrogen and oxygen atoms in total. The van der Waals surface area contributed by atoms with Crippen LogP contribution in [0.2, 0.25) is 0 Å². The van der Waals surface area contributed by atoms with Gasteiger partial charge in [-0.05, 0) is 68.7 Å². The number of nitrogens with one attached hydrogen (secondary N) is 2. The molecule has 0 aromatic heterocycles. The Labute approximate surface area is 199 Å². The van der Waals surface area contributed by atoms with E-state index in [-0.39, 0.29) is 23.8 Å². The lowest BCUT2D eigenvalue weighted by Gasteiger charge is -2.39. The number of piperidine rings is 1. The highest BCUT2D eigenvalue weighted by atomic mass is 16.5. The monoisotopic (exact) mass is 457 g/mol. The molecule has 0 spiro atoms. The third kappa shape index (κ3) is 8.11. The largest absolute Gasteiger partial charge is 0.381 e. The molecule has 1 aromatic carbocycles. The van der Waals surface area contributed by atoms with E-state index >= 15 is 0 Å². The van der Waals surface area contributed by atoms with Crippen LogP contribution in [0.4, 0.5) is 0 Å². The lowest BCUT2D eigenvalue weighted by Crippen LogP contribution is -2.48. The van der Waals surface area contributed by atoms with Crippen LogP contribution in [0.3, 0.4) is 0 Å². The second kappa shape index (κ2) is 13.1. The molecular formula is C27H43N3O3. The molecule has 2 unspecified atom stereocenters. The summed E-state index contributed by atoms with van der Waals surface area (Å²) in [6.07, 6.45) is 7.19. The average molecular weight is 458 g/mol. The van der Waals surface area contributed by atoms with Crippen molar-refractivity contribution < 1.29 is 14.3 Å². The van der Waals surface area contributed by atoms with Gasteiger partial charge < -0.3 is 20.3 Å². The molecule has 1 heterocycles. The predicted octanol–water partition coefficient (Wildman–Crippen LogP) is 4.00. The lowest BCUT2D eigenvalue weighted by molar-refractivity contribution is -0.124. The van der Waals surface area contributed by atoms with E-state index in [4.69, 9.17) is 4.74 Å². The average Bonchev–Trinajstić information content (AvgIpc) is 2.83. The van der Waals surface area contributed by atoms with E-state index in [9.17, 15) is 9.59 Å². The number of likely N-dealkylation sites (tertiary alicyclic amines) is 1. The first-order valence-corrected chi connectivity index (χ1v) is 12.9. The molecular weight excluding hydrogens is 414 g/mol. The molecule has 1 aliphatic heterocycles. The number of amides is 2. The van der Waals surface area contributed by atoms with Crippen LogP contribution in [0, 0.1) is 17.8 Å². The Balaban J connectivity index is 1.51. The standard InChI is InChI=1S/C27H43N3O3/c1-4-33-19-22-8-7-15-30(17-22)18-24-9-5-6-10-25(24)29-27(32)23-13-11-21(12-14-23)16-28-26(31)20(2)3/h11-14,20,22,24-25H,4-10,15-19H2,1-3H3,(H,28,31)(H,29,32)/t22?,24-,25?/m1/s1. The molecule has 3 rings (SSSR count). The number of hydrogen-bond acceptors (Lipinski definition) is 4. The van der Waals surface area contributed by atoms with Gasteiger partial charge >= 0.3 is 0 Å². The summed E-state index contributed by atoms with van der Waals surface area (Å²) in [5, 5.41) is 6.26. The molecule has 1 aromatic rings. The van der Waals surface area contributed by atoms with Crippen LogP contribution in [0.15, 0.2) is 24.3 Å². The molecule has 2 aliphatic rings. The lowest BCUT2D eigenvalue weighted by atomic mass is 9.83. The molecule has 1 aliphatic carbocycles. The summed E-state index contributed by atoms with van der Waals surface area (Å²) >= 11 is 0. The zero-order chi connectivity index (χ0) is 23.6. The number of benzene rings is 1. The topological polar surface area (TPSA) is 70.7 Å². The zero-order valence-corrected chi connectivity index (χ0v) is 20.8. The second-order valence-corrected chi connectivity index (χ2v) is 10.1. The smallest absolute Gasteiger partial charge is 0.251 e. The van der Waals surface area contributed by atoms with E-state index in [1.165, 1.54) is 32.1 Å². The summed E-state index contributed by atoms with van der Waals surface area (Å²) in [6.45, 7) is 11.3. The van der Waals surface area contributed by atoms with Crippen molar-refractivity contribution in [3.8, 4) is 0 Å². The number of rotatable bonds is 10. The van der Waals surface area contributed by atoms with Crippen LogP contribution in [0.1, 0.15) is 75.2 Å². The Bertz CT molecular complexity index is 749. The van der Waals surface area contributed by atoms with Crippen molar-refractivity contribution in [1.82, 2.24) is 15.5 Å². The van der Waals surface area contributed by atoms with Crippen LogP contribution in [0.25, 0.3) is 0 Å². The fourth-order valence-electron chi connectivity index (χ4n) is 5.10. The van der Waals surface area contributed by atoms with Crippen LogP contribution in [0.5, 0.6) is 0 Å². The molecule has 2 amide bonds. The summed E-state index contributed by atoms with van der Waals surface area (Å²) in [5.74, 6) is 1.17. The third-order valence-electron chi connectivity index (χ3n) is 7.09. The van der Waals surface area contributed by atoms with E-state index in [0.717, 1.165) is 44.8 Å². The summed E-state index contributed by atoms with van der Waals surface area (Å²) in [5.41, 5.74) is 1.69. The van der Waals surface area contributed by atoms with Crippen molar-refractivity contribution in [1.29, 1.82) is 0 Å². The summed E-state index contributed by atoms with van der Waals surface area (Å²) in [4.78, 5) is 27.3. The number of nitrogens with zero attached hydrogens (tertiary/aromatic N) is 1. The Morgan fingerprint density at radius 1 is 1.09 bits per heavy atom. The first-order valence-electron chi connectivity index (χ1n) is 12.9. The van der Waals surface area contributed by atoms with Crippen molar-refractivity contribution in [2.75, 3.05) is 32.8 Å². The molecule has 33 heavy (non-hydrogen) atoms. The van der Waals surface area contributed by atoms with E-state index in [0.29, 0.717) is 23.9 Å². The van der Waals surface area contributed by atoms with Gasteiger partial charge in [-0.15, -0.1) is 0 Å². The van der Waals surface area contributed by atoms with Gasteiger partial charge in [0, 0.05) is 43.8 Å². The van der Waals surface area contributed by atoms with Gasteiger partial charge in [0.05, 0.1) is 6.61 Å². The zero-order valence-electron chi connectivity index (χ0n) is 20.8. The normalized spacial score (nSPS) is 23.9. The number of carbonyl (C=O) groups is 2. The molecule has 0 bridgehead atoms. The highest BCUT2D eigenvalue weighted by Crippen LogP contribution is 2.27. The van der Waals surface area contributed by atoms with Crippen LogP contribution < -0.4 is 10.6 Å². The fourth-order valence-corrected chi connectivity index (χ4v) is 5.10.